The molecule has 0 aliphatic heterocycles. The van der Waals surface area contributed by atoms with Gasteiger partial charge in [0.2, 0.25) is 0 Å². The maximum atomic E-state index is 11.9. The van der Waals surface area contributed by atoms with Gasteiger partial charge in [-0.25, -0.2) is 14.0 Å². The maximum Gasteiger partial charge on any atom is 0.269 e. The van der Waals surface area contributed by atoms with Gasteiger partial charge >= 0.3 is 0 Å². The highest BCUT2D eigenvalue weighted by Gasteiger charge is 2.33. The number of aromatic nitrogens is 9. The lowest BCUT2D eigenvalue weighted by Crippen LogP contribution is -2.17. The number of benzene rings is 9. The highest BCUT2D eigenvalue weighted by Crippen LogP contribution is 2.48. The third kappa shape index (κ3) is 18.1. The third-order valence-corrected chi connectivity index (χ3v) is 21.6. The second-order valence-corrected chi connectivity index (χ2v) is 36.5. The molecule has 0 saturated carbocycles. The molecule has 3 heterocycles. The molecule has 0 saturated heterocycles. The molecule has 1 aliphatic rings. The summed E-state index contributed by atoms with van der Waals surface area (Å²) in [4.78, 5) is 34.3. The van der Waals surface area contributed by atoms with Crippen molar-refractivity contribution in [3.8, 4) is 69.2 Å². The van der Waals surface area contributed by atoms with Crippen LogP contribution < -0.4 is 28.4 Å². The normalized spacial score (nSPS) is 13.0. The van der Waals surface area contributed by atoms with Crippen LogP contribution in [0.2, 0.25) is 0 Å². The summed E-state index contributed by atoms with van der Waals surface area (Å²) < 4.78 is 47.2. The predicted octanol–water partition coefficient (Wildman–Crippen LogP) is 21.2. The lowest BCUT2D eigenvalue weighted by Gasteiger charge is -2.28. The van der Waals surface area contributed by atoms with E-state index >= 15 is 0 Å². The van der Waals surface area contributed by atoms with Crippen LogP contribution in [-0.2, 0) is 71.0 Å². The number of fused-ring (bicyclic) bond motifs is 12. The largest absolute Gasteiger partial charge is 0.496 e. The maximum absolute atomic E-state index is 11.9. The van der Waals surface area contributed by atoms with Gasteiger partial charge in [-0.05, 0) is 169 Å². The lowest BCUT2D eigenvalue weighted by molar-refractivity contribution is -0.385. The molecule has 1 aliphatic carbocycles. The Kier molecular flexibility index (Phi) is 22.2. The van der Waals surface area contributed by atoms with Crippen LogP contribution in [0.4, 0.5) is 17.1 Å². The van der Waals surface area contributed by atoms with E-state index in [2.05, 4.69) is 228 Å². The van der Waals surface area contributed by atoms with Crippen LogP contribution in [0.1, 0.15) is 225 Å². The van der Waals surface area contributed by atoms with Crippen molar-refractivity contribution in [1.82, 2.24) is 45.0 Å². The molecular formula is C93H102N12O12. The van der Waals surface area contributed by atoms with E-state index in [4.69, 9.17) is 28.4 Å². The van der Waals surface area contributed by atoms with Gasteiger partial charge < -0.3 is 28.4 Å². The monoisotopic (exact) mass is 1580 g/mol. The van der Waals surface area contributed by atoms with Gasteiger partial charge in [0, 0.05) is 74.9 Å². The van der Waals surface area contributed by atoms with E-state index in [0.29, 0.717) is 90.1 Å². The molecule has 117 heavy (non-hydrogen) atoms. The molecule has 12 bridgehead atoms. The Morgan fingerprint density at radius 3 is 0.581 bits per heavy atom. The standard InChI is InChI=1S/C93H102N12O12/c1-88(2,3)67-40-55-34-61-46-70(91(10,11)12)48-63(85(61)115-79-52-100(97-94-79)73-22-28-76(29-23-73)103(106)107)36-57-42-68(89(4,5)6)44-59(83(57)113-20)38-65-50-72(93(16,17)18)51-66(87(65)117-81-54-102(99-96-81)75-26-32-78(33-27-75)105(110)111)39-60-45-69(90(7,8)9)43-58(84(60)114-21)37-64-49-71(92(13,14)15)47-62(35-56(41-67)82(55)112-19)86(64)116-80-53-101(98-95-80)74-24-30-77(31-25-74)104(108)109/h22-33,40-54H,34-39H2,1-21H3. The number of nitro benzene ring substituents is 3. The van der Waals surface area contributed by atoms with Crippen molar-refractivity contribution in [2.24, 2.45) is 0 Å². The first-order valence-electron chi connectivity index (χ1n) is 39.1. The molecule has 12 aromatic rings. The molecule has 0 amide bonds. The van der Waals surface area contributed by atoms with Crippen molar-refractivity contribution in [1.29, 1.82) is 0 Å². The summed E-state index contributed by atoms with van der Waals surface area (Å²) in [5.41, 5.74) is 15.3. The van der Waals surface area contributed by atoms with Crippen molar-refractivity contribution in [3.63, 3.8) is 0 Å². The molecule has 0 fully saturated rings. The molecule has 3 aromatic heterocycles. The van der Waals surface area contributed by atoms with E-state index in [-0.39, 0.29) is 34.7 Å². The van der Waals surface area contributed by atoms with Crippen molar-refractivity contribution in [2.75, 3.05) is 21.3 Å². The minimum Gasteiger partial charge on any atom is -0.496 e. The van der Waals surface area contributed by atoms with E-state index in [0.717, 1.165) is 100 Å². The first-order chi connectivity index (χ1) is 55.0. The number of rotatable bonds is 15. The quantitative estimate of drug-likeness (QED) is 0.0681. The average molecular weight is 1580 g/mol. The molecule has 606 valence electrons. The number of hydrogen-bond acceptors (Lipinski definition) is 18. The third-order valence-electron chi connectivity index (χ3n) is 21.6. The number of hydrogen-bond donors (Lipinski definition) is 0. The highest BCUT2D eigenvalue weighted by molar-refractivity contribution is 5.63. The summed E-state index contributed by atoms with van der Waals surface area (Å²) in [5.74, 6) is 4.03. The van der Waals surface area contributed by atoms with Crippen LogP contribution >= 0.6 is 0 Å². The highest BCUT2D eigenvalue weighted by atomic mass is 16.6. The number of ether oxygens (including phenoxy) is 6. The molecule has 0 radical (unpaired) electrons. The minimum atomic E-state index is -0.444. The first kappa shape index (κ1) is 82.4. The molecular weight excluding hydrogens is 1480 g/mol. The number of nitrogens with zero attached hydrogens (tertiary/aromatic N) is 12. The first-order valence-corrected chi connectivity index (χ1v) is 39.1. The SMILES string of the molecule is COc1c2cc(C(C)(C)C)cc1Cc1cc(C(C)(C)C)cc(c1Oc1cn(-c3ccc([N+](=O)[O-])cc3)nn1)Cc1cc(C(C)(C)C)cc(c1OC)Cc1cc(C(C)(C)C)cc(c1Oc1cn(-c3ccc([N+](=O)[O-])cc3)nn1)Cc1cc(C(C)(C)C)cc(c1OC)Cc1cc(C(C)(C)C)cc(c1Oc1cn(-c3ccc([N+](=O)[O-])cc3)nn1)C2. The van der Waals surface area contributed by atoms with E-state index in [1.165, 1.54) is 50.4 Å². The summed E-state index contributed by atoms with van der Waals surface area (Å²) in [7, 11) is 5.14. The summed E-state index contributed by atoms with van der Waals surface area (Å²) >= 11 is 0. The summed E-state index contributed by atoms with van der Waals surface area (Å²) in [5, 5.41) is 63.2. The van der Waals surface area contributed by atoms with Crippen LogP contribution in [0.15, 0.2) is 164 Å². The van der Waals surface area contributed by atoms with Gasteiger partial charge in [0.15, 0.2) is 0 Å². The van der Waals surface area contributed by atoms with Gasteiger partial charge in [0.1, 0.15) is 34.5 Å². The van der Waals surface area contributed by atoms with Crippen molar-refractivity contribution in [3.05, 3.63) is 295 Å². The Bertz CT molecular complexity index is 5090. The Morgan fingerprint density at radius 2 is 0.436 bits per heavy atom. The molecule has 13 rings (SSSR count). The molecule has 24 nitrogen and oxygen atoms in total. The fourth-order valence-electron chi connectivity index (χ4n) is 14.9. The fourth-order valence-corrected chi connectivity index (χ4v) is 14.9. The lowest BCUT2D eigenvalue weighted by atomic mass is 9.79. The van der Waals surface area contributed by atoms with Crippen LogP contribution in [0, 0.1) is 30.3 Å². The van der Waals surface area contributed by atoms with Crippen molar-refractivity contribution >= 4 is 17.1 Å². The van der Waals surface area contributed by atoms with Gasteiger partial charge in [-0.1, -0.05) is 228 Å². The molecule has 9 aromatic carbocycles. The molecule has 0 unspecified atom stereocenters. The number of non-ortho nitro benzene ring substituents is 3. The Balaban J connectivity index is 1.13. The van der Waals surface area contributed by atoms with E-state index in [1.54, 1.807) is 76.3 Å². The van der Waals surface area contributed by atoms with Gasteiger partial charge in [0.25, 0.3) is 34.7 Å². The summed E-state index contributed by atoms with van der Waals surface area (Å²) in [6.07, 6.45) is 6.76. The summed E-state index contributed by atoms with van der Waals surface area (Å²) in [6.45, 7) is 39.6. The van der Waals surface area contributed by atoms with Crippen molar-refractivity contribution in [2.45, 2.75) is 196 Å². The zero-order chi connectivity index (χ0) is 84.3. The van der Waals surface area contributed by atoms with E-state index in [9.17, 15) is 30.3 Å². The Labute approximate surface area is 682 Å². The fraction of sp³-hybridized carbons (Fsp3) is 0.355. The number of nitro groups is 3. The van der Waals surface area contributed by atoms with Gasteiger partial charge in [-0.2, -0.15) is 0 Å². The average Bonchev–Trinajstić information content (AvgIpc) is 1.35. The molecule has 0 spiro atoms. The Morgan fingerprint density at radius 1 is 0.274 bits per heavy atom. The zero-order valence-corrected chi connectivity index (χ0v) is 70.6. The van der Waals surface area contributed by atoms with Gasteiger partial charge in [-0.3, -0.25) is 30.3 Å². The zero-order valence-electron chi connectivity index (χ0n) is 70.6. The predicted molar refractivity (Wildman–Crippen MR) is 452 cm³/mol. The topological polar surface area (TPSA) is 277 Å². The van der Waals surface area contributed by atoms with E-state index < -0.39 is 47.3 Å². The van der Waals surface area contributed by atoms with Crippen LogP contribution in [-0.4, -0.2) is 81.1 Å². The molecule has 24 heteroatoms. The van der Waals surface area contributed by atoms with Crippen molar-refractivity contribution < 1.29 is 43.2 Å². The molecule has 0 N–H and O–H groups in total. The van der Waals surface area contributed by atoms with E-state index in [1.807, 2.05) is 0 Å². The Hall–Kier alpha value is -12.6. The van der Waals surface area contributed by atoms with Gasteiger partial charge in [0.05, 0.1) is 71.8 Å². The minimum absolute atomic E-state index is 0.0698. The van der Waals surface area contributed by atoms with Crippen LogP contribution in [0.5, 0.6) is 52.1 Å². The molecule has 0 atom stereocenters. The van der Waals surface area contributed by atoms with Crippen LogP contribution in [0.3, 0.4) is 0 Å². The van der Waals surface area contributed by atoms with Gasteiger partial charge in [-0.15, -0.1) is 0 Å². The second-order valence-electron chi connectivity index (χ2n) is 36.5. The number of methoxy groups -OCH3 is 3. The summed E-state index contributed by atoms with van der Waals surface area (Å²) in [6, 6.07) is 45.0. The smallest absolute Gasteiger partial charge is 0.269 e. The van der Waals surface area contributed by atoms with Crippen LogP contribution in [0.25, 0.3) is 17.1 Å². The second kappa shape index (κ2) is 31.5.